The van der Waals surface area contributed by atoms with Gasteiger partial charge in [0.1, 0.15) is 0 Å². The number of anilines is 2. The molecule has 0 spiro atoms. The second-order valence-corrected chi connectivity index (χ2v) is 4.51. The Labute approximate surface area is 111 Å². The molecular weight excluding hydrogens is 224 g/mol. The molecule has 0 atom stereocenters. The molecule has 1 rings (SSSR count). The Balaban J connectivity index is 2.47. The molecule has 0 aliphatic heterocycles. The number of hydrogen-bond donors (Lipinski definition) is 1. The van der Waals surface area contributed by atoms with Crippen molar-refractivity contribution in [3.05, 3.63) is 24.3 Å². The minimum absolute atomic E-state index is 0.772. The van der Waals surface area contributed by atoms with Crippen LogP contribution in [0.3, 0.4) is 0 Å². The van der Waals surface area contributed by atoms with Crippen molar-refractivity contribution in [2.75, 3.05) is 36.9 Å². The fourth-order valence-corrected chi connectivity index (χ4v) is 1.92. The van der Waals surface area contributed by atoms with E-state index in [0.717, 1.165) is 50.5 Å². The summed E-state index contributed by atoms with van der Waals surface area (Å²) in [4.78, 5) is 2.31. The van der Waals surface area contributed by atoms with Gasteiger partial charge in [0.05, 0.1) is 18.0 Å². The molecule has 1 aromatic carbocycles. The first kappa shape index (κ1) is 14.8. The van der Waals surface area contributed by atoms with Crippen LogP contribution in [0.2, 0.25) is 0 Å². The van der Waals surface area contributed by atoms with E-state index in [-0.39, 0.29) is 0 Å². The van der Waals surface area contributed by atoms with Crippen molar-refractivity contribution in [3.8, 4) is 0 Å². The molecule has 18 heavy (non-hydrogen) atoms. The van der Waals surface area contributed by atoms with Crippen LogP contribution >= 0.6 is 0 Å². The van der Waals surface area contributed by atoms with Crippen molar-refractivity contribution in [1.82, 2.24) is 0 Å². The van der Waals surface area contributed by atoms with Crippen molar-refractivity contribution < 1.29 is 4.74 Å². The molecule has 0 fully saturated rings. The van der Waals surface area contributed by atoms with E-state index in [9.17, 15) is 0 Å². The van der Waals surface area contributed by atoms with E-state index in [4.69, 9.17) is 10.5 Å². The summed E-state index contributed by atoms with van der Waals surface area (Å²) >= 11 is 0. The monoisotopic (exact) mass is 250 g/mol. The van der Waals surface area contributed by atoms with Crippen LogP contribution in [0.1, 0.15) is 33.1 Å². The Kier molecular flexibility index (Phi) is 7.26. The number of ether oxygens (including phenoxy) is 1. The molecule has 0 heterocycles. The zero-order chi connectivity index (χ0) is 13.2. The Morgan fingerprint density at radius 3 is 2.50 bits per heavy atom. The Morgan fingerprint density at radius 1 is 1.06 bits per heavy atom. The van der Waals surface area contributed by atoms with Crippen molar-refractivity contribution in [3.63, 3.8) is 0 Å². The van der Waals surface area contributed by atoms with Gasteiger partial charge in [0.15, 0.2) is 0 Å². The zero-order valence-corrected chi connectivity index (χ0v) is 11.7. The number of unbranched alkanes of at least 4 members (excludes halogenated alkanes) is 1. The SMILES string of the molecule is CCCCOCCN(CCC)c1ccccc1N. The van der Waals surface area contributed by atoms with Gasteiger partial charge in [-0.15, -0.1) is 0 Å². The molecule has 0 unspecified atom stereocenters. The van der Waals surface area contributed by atoms with Crippen molar-refractivity contribution in [1.29, 1.82) is 0 Å². The molecule has 0 radical (unpaired) electrons. The van der Waals surface area contributed by atoms with E-state index in [2.05, 4.69) is 24.8 Å². The quantitative estimate of drug-likeness (QED) is 0.540. The van der Waals surface area contributed by atoms with Gasteiger partial charge < -0.3 is 15.4 Å². The molecule has 3 heteroatoms. The molecule has 0 aromatic heterocycles. The highest BCUT2D eigenvalue weighted by Crippen LogP contribution is 2.22. The molecule has 0 saturated carbocycles. The highest BCUT2D eigenvalue weighted by atomic mass is 16.5. The molecule has 2 N–H and O–H groups in total. The van der Waals surface area contributed by atoms with E-state index in [1.165, 1.54) is 6.42 Å². The molecule has 1 aromatic rings. The van der Waals surface area contributed by atoms with Crippen LogP contribution in [-0.4, -0.2) is 26.3 Å². The van der Waals surface area contributed by atoms with E-state index >= 15 is 0 Å². The first-order chi connectivity index (χ1) is 8.79. The lowest BCUT2D eigenvalue weighted by atomic mass is 10.2. The summed E-state index contributed by atoms with van der Waals surface area (Å²) < 4.78 is 5.63. The average molecular weight is 250 g/mol. The van der Waals surface area contributed by atoms with Gasteiger partial charge in [-0.25, -0.2) is 0 Å². The van der Waals surface area contributed by atoms with Gasteiger partial charge in [0.25, 0.3) is 0 Å². The minimum Gasteiger partial charge on any atom is -0.397 e. The number of nitrogen functional groups attached to an aromatic ring is 1. The lowest BCUT2D eigenvalue weighted by Crippen LogP contribution is -2.29. The van der Waals surface area contributed by atoms with Gasteiger partial charge in [-0.1, -0.05) is 32.4 Å². The normalized spacial score (nSPS) is 10.6. The molecule has 0 amide bonds. The highest BCUT2D eigenvalue weighted by molar-refractivity contribution is 5.67. The van der Waals surface area contributed by atoms with Crippen LogP contribution in [0.15, 0.2) is 24.3 Å². The molecule has 0 bridgehead atoms. The van der Waals surface area contributed by atoms with Crippen LogP contribution < -0.4 is 10.6 Å². The number of para-hydroxylation sites is 2. The zero-order valence-electron chi connectivity index (χ0n) is 11.7. The molecule has 3 nitrogen and oxygen atoms in total. The lowest BCUT2D eigenvalue weighted by Gasteiger charge is -2.25. The van der Waals surface area contributed by atoms with Crippen molar-refractivity contribution in [2.24, 2.45) is 0 Å². The number of nitrogens with zero attached hydrogens (tertiary/aromatic N) is 1. The molecule has 102 valence electrons. The topological polar surface area (TPSA) is 38.5 Å². The summed E-state index contributed by atoms with van der Waals surface area (Å²) in [6.45, 7) is 7.92. The predicted molar refractivity (Wildman–Crippen MR) is 79.1 cm³/mol. The van der Waals surface area contributed by atoms with E-state index in [1.54, 1.807) is 0 Å². The second-order valence-electron chi connectivity index (χ2n) is 4.51. The Bertz CT molecular complexity index is 328. The van der Waals surface area contributed by atoms with Crippen molar-refractivity contribution >= 4 is 11.4 Å². The Morgan fingerprint density at radius 2 is 1.83 bits per heavy atom. The summed E-state index contributed by atoms with van der Waals surface area (Å²) in [5.41, 5.74) is 7.99. The van der Waals surface area contributed by atoms with Gasteiger partial charge in [0.2, 0.25) is 0 Å². The smallest absolute Gasteiger partial charge is 0.0641 e. The van der Waals surface area contributed by atoms with Crippen molar-refractivity contribution in [2.45, 2.75) is 33.1 Å². The van der Waals surface area contributed by atoms with Crippen LogP contribution in [0.5, 0.6) is 0 Å². The summed E-state index contributed by atoms with van der Waals surface area (Å²) in [5, 5.41) is 0. The number of benzene rings is 1. The summed E-state index contributed by atoms with van der Waals surface area (Å²) in [7, 11) is 0. The molecule has 0 saturated heterocycles. The third kappa shape index (κ3) is 4.96. The minimum atomic E-state index is 0.772. The largest absolute Gasteiger partial charge is 0.397 e. The van der Waals surface area contributed by atoms with Crippen LogP contribution in [0.4, 0.5) is 11.4 Å². The number of rotatable bonds is 9. The summed E-state index contributed by atoms with van der Waals surface area (Å²) in [6, 6.07) is 8.04. The van der Waals surface area contributed by atoms with Gasteiger partial charge in [-0.05, 0) is 25.0 Å². The standard InChI is InChI=1S/C15H26N2O/c1-3-5-12-18-13-11-17(10-4-2)15-9-7-6-8-14(15)16/h6-9H,3-5,10-13,16H2,1-2H3. The third-order valence-electron chi connectivity index (χ3n) is 2.92. The number of hydrogen-bond acceptors (Lipinski definition) is 3. The van der Waals surface area contributed by atoms with Crippen LogP contribution in [0, 0.1) is 0 Å². The molecular formula is C15H26N2O. The summed E-state index contributed by atoms with van der Waals surface area (Å²) in [5.74, 6) is 0. The van der Waals surface area contributed by atoms with E-state index < -0.39 is 0 Å². The Hall–Kier alpha value is -1.22. The third-order valence-corrected chi connectivity index (χ3v) is 2.92. The van der Waals surface area contributed by atoms with Gasteiger partial charge >= 0.3 is 0 Å². The highest BCUT2D eigenvalue weighted by Gasteiger charge is 2.07. The van der Waals surface area contributed by atoms with Gasteiger partial charge in [-0.2, -0.15) is 0 Å². The fourth-order valence-electron chi connectivity index (χ4n) is 1.92. The molecule has 0 aliphatic rings. The maximum absolute atomic E-state index is 6.02. The summed E-state index contributed by atoms with van der Waals surface area (Å²) in [6.07, 6.45) is 3.44. The average Bonchev–Trinajstić information content (AvgIpc) is 2.38. The fraction of sp³-hybridized carbons (Fsp3) is 0.600. The van der Waals surface area contributed by atoms with Gasteiger partial charge in [0, 0.05) is 19.7 Å². The van der Waals surface area contributed by atoms with E-state index in [0.29, 0.717) is 0 Å². The number of nitrogens with two attached hydrogens (primary N) is 1. The van der Waals surface area contributed by atoms with Crippen LogP contribution in [0.25, 0.3) is 0 Å². The first-order valence-electron chi connectivity index (χ1n) is 6.96. The lowest BCUT2D eigenvalue weighted by molar-refractivity contribution is 0.137. The maximum atomic E-state index is 6.02. The molecule has 0 aliphatic carbocycles. The van der Waals surface area contributed by atoms with E-state index in [1.807, 2.05) is 18.2 Å². The maximum Gasteiger partial charge on any atom is 0.0641 e. The predicted octanol–water partition coefficient (Wildman–Crippen LogP) is 3.30. The first-order valence-corrected chi connectivity index (χ1v) is 6.96. The second kappa shape index (κ2) is 8.81. The van der Waals surface area contributed by atoms with Gasteiger partial charge in [-0.3, -0.25) is 0 Å². The van der Waals surface area contributed by atoms with Crippen LogP contribution in [-0.2, 0) is 4.74 Å².